The van der Waals surface area contributed by atoms with E-state index in [1.807, 2.05) is 0 Å². The Kier molecular flexibility index (Phi) is 28.5. The highest BCUT2D eigenvalue weighted by Crippen LogP contribution is 2.26. The van der Waals surface area contributed by atoms with Gasteiger partial charge in [0.1, 0.15) is 0 Å². The quantitative estimate of drug-likeness (QED) is 0.0665. The molecule has 0 radical (unpaired) electrons. The van der Waals surface area contributed by atoms with Gasteiger partial charge in [-0.25, -0.2) is 4.79 Å². The molecule has 0 fully saturated rings. The number of hydrogen-bond acceptors (Lipinski definition) is 1. The summed E-state index contributed by atoms with van der Waals surface area (Å²) in [6.07, 6.45) is 34.8. The molecule has 0 amide bonds. The number of unbranched alkanes of at least 4 members (excludes halogenated alkanes) is 22. The maximum absolute atomic E-state index is 12.8. The smallest absolute Gasteiger partial charge is 0.362 e. The van der Waals surface area contributed by atoms with Crippen molar-refractivity contribution in [1.82, 2.24) is 0 Å². The van der Waals surface area contributed by atoms with Crippen molar-refractivity contribution < 1.29 is 14.4 Å². The summed E-state index contributed by atoms with van der Waals surface area (Å²) in [6.45, 7) is 12.3. The number of carboxylic acid groups (broad SMARTS) is 1. The van der Waals surface area contributed by atoms with E-state index in [1.165, 1.54) is 161 Å². The standard InChI is InChI=1S/C36H73NO2/c1-5-9-13-17-18-19-20-21-22-23-24-25-26-27-31-35(36(38)39)37(32-28-14-10-6-2,33-29-15-11-7-3)34-30-16-12-8-4/h35H,5-34H2,1-4H3/p+1. The minimum absolute atomic E-state index is 0.202. The molecule has 0 aliphatic rings. The molecule has 1 N–H and O–H groups in total. The molecule has 0 aromatic carbocycles. The Morgan fingerprint density at radius 1 is 0.436 bits per heavy atom. The van der Waals surface area contributed by atoms with E-state index in [1.54, 1.807) is 0 Å². The van der Waals surface area contributed by atoms with Crippen molar-refractivity contribution in [2.45, 2.75) is 207 Å². The van der Waals surface area contributed by atoms with Crippen LogP contribution in [0.2, 0.25) is 0 Å². The molecule has 39 heavy (non-hydrogen) atoms. The number of aliphatic carboxylic acids is 1. The Morgan fingerprint density at radius 2 is 0.692 bits per heavy atom. The average molecular weight is 553 g/mol. The third-order valence-electron chi connectivity index (χ3n) is 9.15. The molecule has 0 saturated heterocycles. The van der Waals surface area contributed by atoms with Gasteiger partial charge in [0.05, 0.1) is 19.6 Å². The van der Waals surface area contributed by atoms with Crippen molar-refractivity contribution in [3.63, 3.8) is 0 Å². The topological polar surface area (TPSA) is 37.3 Å². The van der Waals surface area contributed by atoms with Gasteiger partial charge in [0.15, 0.2) is 6.04 Å². The van der Waals surface area contributed by atoms with Crippen LogP contribution in [0, 0.1) is 0 Å². The molecule has 1 unspecified atom stereocenters. The van der Waals surface area contributed by atoms with Crippen LogP contribution in [0.4, 0.5) is 0 Å². The second kappa shape index (κ2) is 28.9. The van der Waals surface area contributed by atoms with Crippen LogP contribution in [0.3, 0.4) is 0 Å². The molecule has 3 heteroatoms. The first-order chi connectivity index (χ1) is 19.1. The van der Waals surface area contributed by atoms with Gasteiger partial charge in [0, 0.05) is 6.42 Å². The van der Waals surface area contributed by atoms with Crippen LogP contribution in [0.1, 0.15) is 201 Å². The van der Waals surface area contributed by atoms with Crippen molar-refractivity contribution in [3.8, 4) is 0 Å². The van der Waals surface area contributed by atoms with Gasteiger partial charge in [-0.1, -0.05) is 150 Å². The van der Waals surface area contributed by atoms with Crippen molar-refractivity contribution in [2.75, 3.05) is 19.6 Å². The van der Waals surface area contributed by atoms with Crippen LogP contribution in [0.5, 0.6) is 0 Å². The van der Waals surface area contributed by atoms with Crippen LogP contribution in [0.15, 0.2) is 0 Å². The van der Waals surface area contributed by atoms with Crippen LogP contribution in [-0.2, 0) is 4.79 Å². The summed E-state index contributed by atoms with van der Waals surface area (Å²) in [5, 5.41) is 10.5. The molecule has 0 bridgehead atoms. The second-order valence-electron chi connectivity index (χ2n) is 12.8. The summed E-state index contributed by atoms with van der Waals surface area (Å²) in [5.41, 5.74) is 0. The van der Waals surface area contributed by atoms with Crippen molar-refractivity contribution in [1.29, 1.82) is 0 Å². The van der Waals surface area contributed by atoms with E-state index in [0.717, 1.165) is 37.0 Å². The molecular formula is C36H74NO2+. The fraction of sp³-hybridized carbons (Fsp3) is 0.972. The van der Waals surface area contributed by atoms with Gasteiger partial charge in [-0.15, -0.1) is 0 Å². The lowest BCUT2D eigenvalue weighted by Crippen LogP contribution is -2.60. The van der Waals surface area contributed by atoms with Crippen LogP contribution in [-0.4, -0.2) is 41.2 Å². The summed E-state index contributed by atoms with van der Waals surface area (Å²) in [7, 11) is 0. The van der Waals surface area contributed by atoms with Crippen LogP contribution < -0.4 is 0 Å². The van der Waals surface area contributed by atoms with Gasteiger partial charge >= 0.3 is 5.97 Å². The van der Waals surface area contributed by atoms with Crippen LogP contribution in [0.25, 0.3) is 0 Å². The van der Waals surface area contributed by atoms with Crippen LogP contribution >= 0.6 is 0 Å². The normalized spacial score (nSPS) is 12.7. The van der Waals surface area contributed by atoms with Gasteiger partial charge < -0.3 is 9.59 Å². The second-order valence-corrected chi connectivity index (χ2v) is 12.8. The molecule has 0 saturated carbocycles. The van der Waals surface area contributed by atoms with Crippen molar-refractivity contribution in [3.05, 3.63) is 0 Å². The number of carbonyl (C=O) groups is 1. The Balaban J connectivity index is 4.72. The predicted molar refractivity (Wildman–Crippen MR) is 174 cm³/mol. The molecule has 0 aromatic heterocycles. The van der Waals surface area contributed by atoms with Crippen molar-refractivity contribution in [2.24, 2.45) is 0 Å². The largest absolute Gasteiger partial charge is 0.477 e. The lowest BCUT2D eigenvalue weighted by atomic mass is 9.98. The van der Waals surface area contributed by atoms with Crippen molar-refractivity contribution >= 4 is 5.97 Å². The zero-order valence-corrected chi connectivity index (χ0v) is 27.6. The van der Waals surface area contributed by atoms with Gasteiger partial charge in [0.25, 0.3) is 0 Å². The zero-order chi connectivity index (χ0) is 28.9. The Bertz CT molecular complexity index is 475. The number of nitrogens with zero attached hydrogens (tertiary/aromatic N) is 1. The molecule has 0 aliphatic carbocycles. The lowest BCUT2D eigenvalue weighted by molar-refractivity contribution is -0.944. The van der Waals surface area contributed by atoms with Gasteiger partial charge in [-0.2, -0.15) is 0 Å². The third-order valence-corrected chi connectivity index (χ3v) is 9.15. The van der Waals surface area contributed by atoms with E-state index in [2.05, 4.69) is 27.7 Å². The first-order valence-corrected chi connectivity index (χ1v) is 18.2. The average Bonchev–Trinajstić information content (AvgIpc) is 2.93. The molecule has 1 atom stereocenters. The highest BCUT2D eigenvalue weighted by atomic mass is 16.4. The number of carboxylic acids is 1. The molecule has 0 aliphatic heterocycles. The number of rotatable bonds is 32. The minimum Gasteiger partial charge on any atom is -0.477 e. The summed E-state index contributed by atoms with van der Waals surface area (Å²) in [6, 6.07) is -0.202. The molecule has 234 valence electrons. The number of hydrogen-bond donors (Lipinski definition) is 1. The van der Waals surface area contributed by atoms with E-state index in [-0.39, 0.29) is 6.04 Å². The van der Waals surface area contributed by atoms with E-state index in [0.29, 0.717) is 0 Å². The van der Waals surface area contributed by atoms with Gasteiger partial charge in [-0.05, 0) is 44.9 Å². The summed E-state index contributed by atoms with van der Waals surface area (Å²) >= 11 is 0. The molecule has 0 heterocycles. The molecule has 0 aromatic rings. The minimum atomic E-state index is -0.522. The highest BCUT2D eigenvalue weighted by molar-refractivity contribution is 5.72. The summed E-state index contributed by atoms with van der Waals surface area (Å²) in [5.74, 6) is -0.522. The van der Waals surface area contributed by atoms with E-state index in [4.69, 9.17) is 0 Å². The molecular weight excluding hydrogens is 478 g/mol. The summed E-state index contributed by atoms with van der Waals surface area (Å²) in [4.78, 5) is 12.8. The lowest BCUT2D eigenvalue weighted by Gasteiger charge is -2.44. The first-order valence-electron chi connectivity index (χ1n) is 18.2. The fourth-order valence-corrected chi connectivity index (χ4v) is 6.53. The van der Waals surface area contributed by atoms with E-state index >= 15 is 0 Å². The van der Waals surface area contributed by atoms with Gasteiger partial charge in [-0.3, -0.25) is 0 Å². The highest BCUT2D eigenvalue weighted by Gasteiger charge is 2.40. The monoisotopic (exact) mass is 553 g/mol. The first kappa shape index (κ1) is 38.4. The SMILES string of the molecule is CCCCCCCCCCCCCCCCC(C(=O)O)[N+](CCCCCC)(CCCCCC)CCCCCC. The Morgan fingerprint density at radius 3 is 0.974 bits per heavy atom. The van der Waals surface area contributed by atoms with Gasteiger partial charge in [0.2, 0.25) is 0 Å². The predicted octanol–water partition coefficient (Wildman–Crippen LogP) is 11.9. The Hall–Kier alpha value is -0.570. The fourth-order valence-electron chi connectivity index (χ4n) is 6.53. The third kappa shape index (κ3) is 21.8. The van der Waals surface area contributed by atoms with E-state index in [9.17, 15) is 9.90 Å². The molecule has 0 spiro atoms. The maximum Gasteiger partial charge on any atom is 0.362 e. The van der Waals surface area contributed by atoms with E-state index < -0.39 is 5.97 Å². The summed E-state index contributed by atoms with van der Waals surface area (Å²) < 4.78 is 0.866. The Labute approximate surface area is 246 Å². The maximum atomic E-state index is 12.8. The zero-order valence-electron chi connectivity index (χ0n) is 27.6. The molecule has 3 nitrogen and oxygen atoms in total. The number of quaternary nitrogens is 1. The molecule has 0 rings (SSSR count).